The van der Waals surface area contributed by atoms with E-state index in [0.29, 0.717) is 25.7 Å². The highest BCUT2D eigenvalue weighted by atomic mass is 16.4. The SMILES string of the molecule is CC(NC(=O)C1CCC(C(=O)O)CC1)c1ccc(NC(=O)C2CC2)cc1. The van der Waals surface area contributed by atoms with Crippen LogP contribution in [0.5, 0.6) is 0 Å². The van der Waals surface area contributed by atoms with Crippen molar-refractivity contribution in [2.75, 3.05) is 5.32 Å². The molecule has 0 radical (unpaired) electrons. The molecule has 2 saturated carbocycles. The van der Waals surface area contributed by atoms with Gasteiger partial charge in [-0.25, -0.2) is 0 Å². The Labute approximate surface area is 153 Å². The largest absolute Gasteiger partial charge is 0.481 e. The molecule has 1 aromatic carbocycles. The first-order valence-electron chi connectivity index (χ1n) is 9.38. The number of carbonyl (C=O) groups excluding carboxylic acids is 2. The summed E-state index contributed by atoms with van der Waals surface area (Å²) in [7, 11) is 0. The molecule has 6 nitrogen and oxygen atoms in total. The molecular weight excluding hydrogens is 332 g/mol. The first-order valence-corrected chi connectivity index (χ1v) is 9.38. The molecule has 3 N–H and O–H groups in total. The van der Waals surface area contributed by atoms with Gasteiger partial charge in [-0.1, -0.05) is 12.1 Å². The summed E-state index contributed by atoms with van der Waals surface area (Å²) in [6, 6.07) is 7.41. The molecule has 26 heavy (non-hydrogen) atoms. The molecule has 2 aliphatic rings. The second-order valence-electron chi connectivity index (χ2n) is 7.50. The summed E-state index contributed by atoms with van der Waals surface area (Å²) in [6.07, 6.45) is 4.33. The van der Waals surface area contributed by atoms with Crippen LogP contribution in [0.4, 0.5) is 5.69 Å². The molecule has 1 atom stereocenters. The second-order valence-corrected chi connectivity index (χ2v) is 7.50. The molecule has 0 bridgehead atoms. The van der Waals surface area contributed by atoms with Gasteiger partial charge in [-0.05, 0) is 63.1 Å². The zero-order valence-corrected chi connectivity index (χ0v) is 15.0. The molecule has 1 unspecified atom stereocenters. The minimum Gasteiger partial charge on any atom is -0.481 e. The predicted octanol–water partition coefficient (Wildman–Crippen LogP) is 3.10. The number of carboxylic acids is 1. The van der Waals surface area contributed by atoms with Gasteiger partial charge < -0.3 is 15.7 Å². The van der Waals surface area contributed by atoms with Crippen molar-refractivity contribution in [1.29, 1.82) is 0 Å². The van der Waals surface area contributed by atoms with E-state index in [1.165, 1.54) is 0 Å². The van der Waals surface area contributed by atoms with E-state index in [0.717, 1.165) is 24.1 Å². The van der Waals surface area contributed by atoms with Crippen LogP contribution in [0.1, 0.15) is 57.1 Å². The Kier molecular flexibility index (Phi) is 5.59. The lowest BCUT2D eigenvalue weighted by molar-refractivity contribution is -0.144. The highest BCUT2D eigenvalue weighted by Crippen LogP contribution is 2.31. The number of hydrogen-bond donors (Lipinski definition) is 3. The molecule has 140 valence electrons. The van der Waals surface area contributed by atoms with Crippen molar-refractivity contribution in [3.63, 3.8) is 0 Å². The number of amides is 2. The van der Waals surface area contributed by atoms with Gasteiger partial charge in [-0.2, -0.15) is 0 Å². The summed E-state index contributed by atoms with van der Waals surface area (Å²) in [5, 5.41) is 15.0. The van der Waals surface area contributed by atoms with Crippen LogP contribution in [-0.2, 0) is 14.4 Å². The molecular formula is C20H26N2O4. The third-order valence-electron chi connectivity index (χ3n) is 5.43. The number of benzene rings is 1. The first-order chi connectivity index (χ1) is 12.4. The van der Waals surface area contributed by atoms with E-state index in [-0.39, 0.29) is 35.6 Å². The van der Waals surface area contributed by atoms with Crippen LogP contribution in [0, 0.1) is 17.8 Å². The summed E-state index contributed by atoms with van der Waals surface area (Å²) in [5.74, 6) is -0.932. The number of hydrogen-bond acceptors (Lipinski definition) is 3. The van der Waals surface area contributed by atoms with Gasteiger partial charge in [-0.15, -0.1) is 0 Å². The topological polar surface area (TPSA) is 95.5 Å². The molecule has 6 heteroatoms. The highest BCUT2D eigenvalue weighted by molar-refractivity contribution is 5.94. The Morgan fingerprint density at radius 3 is 1.92 bits per heavy atom. The van der Waals surface area contributed by atoms with Crippen LogP contribution in [0.2, 0.25) is 0 Å². The number of aliphatic carboxylic acids is 1. The predicted molar refractivity (Wildman–Crippen MR) is 97.4 cm³/mol. The Balaban J connectivity index is 1.49. The van der Waals surface area contributed by atoms with Gasteiger partial charge in [0.05, 0.1) is 12.0 Å². The summed E-state index contributed by atoms with van der Waals surface area (Å²) >= 11 is 0. The van der Waals surface area contributed by atoms with Crippen molar-refractivity contribution < 1.29 is 19.5 Å². The van der Waals surface area contributed by atoms with Crippen LogP contribution in [0.25, 0.3) is 0 Å². The van der Waals surface area contributed by atoms with Gasteiger partial charge >= 0.3 is 5.97 Å². The third-order valence-corrected chi connectivity index (χ3v) is 5.43. The molecule has 0 saturated heterocycles. The van der Waals surface area contributed by atoms with Gasteiger partial charge in [-0.3, -0.25) is 14.4 Å². The fourth-order valence-corrected chi connectivity index (χ4v) is 3.46. The molecule has 2 amide bonds. The lowest BCUT2D eigenvalue weighted by Gasteiger charge is -2.26. The minimum atomic E-state index is -0.758. The van der Waals surface area contributed by atoms with Crippen molar-refractivity contribution in [2.24, 2.45) is 17.8 Å². The van der Waals surface area contributed by atoms with Gasteiger partial charge in [0.2, 0.25) is 11.8 Å². The van der Waals surface area contributed by atoms with Crippen molar-refractivity contribution in [2.45, 2.75) is 51.5 Å². The second kappa shape index (κ2) is 7.89. The van der Waals surface area contributed by atoms with Crippen LogP contribution in [0.15, 0.2) is 24.3 Å². The maximum atomic E-state index is 12.4. The Bertz CT molecular complexity index is 674. The van der Waals surface area contributed by atoms with E-state index in [9.17, 15) is 14.4 Å². The van der Waals surface area contributed by atoms with Crippen molar-refractivity contribution in [1.82, 2.24) is 5.32 Å². The average Bonchev–Trinajstić information content (AvgIpc) is 3.47. The quantitative estimate of drug-likeness (QED) is 0.728. The number of anilines is 1. The maximum absolute atomic E-state index is 12.4. The summed E-state index contributed by atoms with van der Waals surface area (Å²) in [6.45, 7) is 1.93. The average molecular weight is 358 g/mol. The van der Waals surface area contributed by atoms with Gasteiger partial charge in [0.25, 0.3) is 0 Å². The van der Waals surface area contributed by atoms with E-state index >= 15 is 0 Å². The number of carboxylic acid groups (broad SMARTS) is 1. The molecule has 0 spiro atoms. The molecule has 1 aromatic rings. The molecule has 0 aromatic heterocycles. The molecule has 2 aliphatic carbocycles. The Morgan fingerprint density at radius 2 is 1.38 bits per heavy atom. The number of rotatable bonds is 6. The van der Waals surface area contributed by atoms with E-state index in [2.05, 4.69) is 10.6 Å². The van der Waals surface area contributed by atoms with Gasteiger partial charge in [0.15, 0.2) is 0 Å². The summed E-state index contributed by atoms with van der Waals surface area (Å²) < 4.78 is 0. The van der Waals surface area contributed by atoms with E-state index in [4.69, 9.17) is 5.11 Å². The van der Waals surface area contributed by atoms with Crippen molar-refractivity contribution in [3.8, 4) is 0 Å². The van der Waals surface area contributed by atoms with Crippen LogP contribution >= 0.6 is 0 Å². The van der Waals surface area contributed by atoms with E-state index in [1.807, 2.05) is 31.2 Å². The number of nitrogens with one attached hydrogen (secondary N) is 2. The number of carbonyl (C=O) groups is 3. The van der Waals surface area contributed by atoms with Crippen LogP contribution < -0.4 is 10.6 Å². The molecule has 3 rings (SSSR count). The van der Waals surface area contributed by atoms with Gasteiger partial charge in [0.1, 0.15) is 0 Å². The zero-order chi connectivity index (χ0) is 18.7. The fraction of sp³-hybridized carbons (Fsp3) is 0.550. The maximum Gasteiger partial charge on any atom is 0.306 e. The smallest absolute Gasteiger partial charge is 0.306 e. The van der Waals surface area contributed by atoms with Crippen molar-refractivity contribution >= 4 is 23.5 Å². The Hall–Kier alpha value is -2.37. The van der Waals surface area contributed by atoms with Crippen molar-refractivity contribution in [3.05, 3.63) is 29.8 Å². The van der Waals surface area contributed by atoms with Gasteiger partial charge in [0, 0.05) is 17.5 Å². The van der Waals surface area contributed by atoms with E-state index < -0.39 is 5.97 Å². The highest BCUT2D eigenvalue weighted by Gasteiger charge is 2.31. The molecule has 2 fully saturated rings. The fourth-order valence-electron chi connectivity index (χ4n) is 3.46. The minimum absolute atomic E-state index is 0.00699. The van der Waals surface area contributed by atoms with E-state index in [1.54, 1.807) is 0 Å². The summed E-state index contributed by atoms with van der Waals surface area (Å²) in [4.78, 5) is 35.2. The molecule has 0 heterocycles. The monoisotopic (exact) mass is 358 g/mol. The van der Waals surface area contributed by atoms with Crippen LogP contribution in [-0.4, -0.2) is 22.9 Å². The Morgan fingerprint density at radius 1 is 0.885 bits per heavy atom. The third kappa shape index (κ3) is 4.62. The first kappa shape index (κ1) is 18.4. The molecule has 0 aliphatic heterocycles. The summed E-state index contributed by atoms with van der Waals surface area (Å²) in [5.41, 5.74) is 1.75. The normalized spacial score (nSPS) is 23.7. The lowest BCUT2D eigenvalue weighted by Crippen LogP contribution is -2.35. The standard InChI is InChI=1S/C20H26N2O4/c1-12(21-18(23)14-4-6-16(7-5-14)20(25)26)13-8-10-17(11-9-13)22-19(24)15-2-3-15/h8-12,14-16H,2-7H2,1H3,(H,21,23)(H,22,24)(H,25,26). The zero-order valence-electron chi connectivity index (χ0n) is 15.0. The van der Waals surface area contributed by atoms with Crippen LogP contribution in [0.3, 0.4) is 0 Å². The lowest BCUT2D eigenvalue weighted by atomic mass is 9.81.